The largest absolute Gasteiger partial charge is 0.378 e. The first-order valence-electron chi connectivity index (χ1n) is 8.53. The number of benzene rings is 2. The van der Waals surface area contributed by atoms with Crippen molar-refractivity contribution in [1.29, 1.82) is 0 Å². The van der Waals surface area contributed by atoms with Gasteiger partial charge in [0, 0.05) is 30.2 Å². The number of hydrogen-bond acceptors (Lipinski definition) is 4. The second-order valence-electron chi connectivity index (χ2n) is 5.96. The minimum Gasteiger partial charge on any atom is -0.378 e. The molecule has 0 unspecified atom stereocenters. The molecular weight excluding hydrogens is 394 g/mol. The van der Waals surface area contributed by atoms with E-state index in [1.807, 2.05) is 6.07 Å². The number of nitrogens with zero attached hydrogens (tertiary/aromatic N) is 1. The molecule has 3 rings (SSSR count). The lowest BCUT2D eigenvalue weighted by Gasteiger charge is -2.31. The highest BCUT2D eigenvalue weighted by molar-refractivity contribution is 7.99. The van der Waals surface area contributed by atoms with Gasteiger partial charge < -0.3 is 15.0 Å². The van der Waals surface area contributed by atoms with Gasteiger partial charge in [0.25, 0.3) is 0 Å². The zero-order valence-electron chi connectivity index (χ0n) is 14.5. The third-order valence-corrected chi connectivity index (χ3v) is 5.38. The Morgan fingerprint density at radius 3 is 2.70 bits per heavy atom. The molecule has 2 aromatic carbocycles. The first kappa shape index (κ1) is 19.9. The second kappa shape index (κ2) is 9.39. The zero-order valence-corrected chi connectivity index (χ0v) is 16.1. The maximum Gasteiger partial charge on any atom is 0.225 e. The van der Waals surface area contributed by atoms with Gasteiger partial charge in [0.1, 0.15) is 0 Å². The van der Waals surface area contributed by atoms with Crippen molar-refractivity contribution in [3.8, 4) is 0 Å². The van der Waals surface area contributed by atoms with Gasteiger partial charge in [-0.25, -0.2) is 8.78 Å². The summed E-state index contributed by atoms with van der Waals surface area (Å²) < 4.78 is 31.5. The number of rotatable bonds is 6. The van der Waals surface area contributed by atoms with Crippen LogP contribution in [0.25, 0.3) is 0 Å². The second-order valence-corrected chi connectivity index (χ2v) is 7.53. The molecule has 1 aliphatic heterocycles. The molecule has 2 aromatic rings. The molecule has 0 radical (unpaired) electrons. The van der Waals surface area contributed by atoms with Gasteiger partial charge in [-0.05, 0) is 30.3 Å². The van der Waals surface area contributed by atoms with Crippen LogP contribution >= 0.6 is 23.4 Å². The van der Waals surface area contributed by atoms with Crippen molar-refractivity contribution >= 4 is 40.6 Å². The quantitative estimate of drug-likeness (QED) is 0.705. The Bertz CT molecular complexity index is 816. The van der Waals surface area contributed by atoms with Crippen LogP contribution in [0.4, 0.5) is 20.2 Å². The molecule has 144 valence electrons. The van der Waals surface area contributed by atoms with Crippen LogP contribution in [-0.2, 0) is 9.53 Å². The van der Waals surface area contributed by atoms with E-state index in [0.717, 1.165) is 17.8 Å². The molecule has 4 nitrogen and oxygen atoms in total. The van der Waals surface area contributed by atoms with E-state index in [9.17, 15) is 13.6 Å². The van der Waals surface area contributed by atoms with Crippen molar-refractivity contribution in [2.24, 2.45) is 0 Å². The molecule has 8 heteroatoms. The number of carbonyl (C=O) groups excluding carboxylic acids is 1. The fourth-order valence-corrected chi connectivity index (χ4v) is 3.93. The van der Waals surface area contributed by atoms with E-state index < -0.39 is 11.6 Å². The SMILES string of the molecule is O=C(CCSc1ccc(F)c(F)c1)Nc1cccc(Cl)c1N1CCOCC1. The zero-order chi connectivity index (χ0) is 19.2. The maximum absolute atomic E-state index is 13.2. The van der Waals surface area contributed by atoms with Crippen molar-refractivity contribution in [3.63, 3.8) is 0 Å². The lowest BCUT2D eigenvalue weighted by Crippen LogP contribution is -2.37. The smallest absolute Gasteiger partial charge is 0.225 e. The first-order chi connectivity index (χ1) is 13.0. The van der Waals surface area contributed by atoms with E-state index in [1.165, 1.54) is 17.8 Å². The summed E-state index contributed by atoms with van der Waals surface area (Å²) in [5.74, 6) is -1.49. The van der Waals surface area contributed by atoms with Gasteiger partial charge in [-0.1, -0.05) is 17.7 Å². The van der Waals surface area contributed by atoms with Gasteiger partial charge in [-0.15, -0.1) is 11.8 Å². The number of nitrogens with one attached hydrogen (secondary N) is 1. The summed E-state index contributed by atoms with van der Waals surface area (Å²) in [5.41, 5.74) is 1.45. The molecule has 0 spiro atoms. The predicted molar refractivity (Wildman–Crippen MR) is 105 cm³/mol. The number of hydrogen-bond donors (Lipinski definition) is 1. The molecule has 1 fully saturated rings. The fourth-order valence-electron chi connectivity index (χ4n) is 2.77. The van der Waals surface area contributed by atoms with Crippen molar-refractivity contribution < 1.29 is 18.3 Å². The van der Waals surface area contributed by atoms with E-state index in [4.69, 9.17) is 16.3 Å². The van der Waals surface area contributed by atoms with Crippen LogP contribution in [-0.4, -0.2) is 38.0 Å². The first-order valence-corrected chi connectivity index (χ1v) is 9.90. The van der Waals surface area contributed by atoms with Crippen LogP contribution in [0.5, 0.6) is 0 Å². The molecule has 0 bridgehead atoms. The van der Waals surface area contributed by atoms with E-state index >= 15 is 0 Å². The standard InChI is InChI=1S/C19H19ClF2N2O2S/c20-14-2-1-3-17(19(14)24-7-9-26-10-8-24)23-18(25)6-11-27-13-4-5-15(21)16(22)12-13/h1-5,12H,6-11H2,(H,23,25). The van der Waals surface area contributed by atoms with Crippen LogP contribution in [0.2, 0.25) is 5.02 Å². The fraction of sp³-hybridized carbons (Fsp3) is 0.316. The molecule has 1 amide bonds. The van der Waals surface area contributed by atoms with Gasteiger partial charge >= 0.3 is 0 Å². The average molecular weight is 413 g/mol. The molecule has 27 heavy (non-hydrogen) atoms. The number of ether oxygens (including phenoxy) is 1. The molecule has 1 saturated heterocycles. The van der Waals surface area contributed by atoms with Crippen LogP contribution < -0.4 is 10.2 Å². The van der Waals surface area contributed by atoms with Gasteiger partial charge in [-0.2, -0.15) is 0 Å². The highest BCUT2D eigenvalue weighted by Gasteiger charge is 2.19. The minimum absolute atomic E-state index is 0.165. The molecule has 1 heterocycles. The average Bonchev–Trinajstić information content (AvgIpc) is 2.65. The third-order valence-electron chi connectivity index (χ3n) is 4.08. The van der Waals surface area contributed by atoms with Crippen molar-refractivity contribution in [2.75, 3.05) is 42.3 Å². The molecule has 1 N–H and O–H groups in total. The number of amides is 1. The van der Waals surface area contributed by atoms with Crippen LogP contribution in [0.1, 0.15) is 6.42 Å². The molecule has 0 atom stereocenters. The van der Waals surface area contributed by atoms with Gasteiger partial charge in [0.2, 0.25) is 5.91 Å². The van der Waals surface area contributed by atoms with Gasteiger partial charge in [0.15, 0.2) is 11.6 Å². The number of thioether (sulfide) groups is 1. The molecule has 0 aromatic heterocycles. The summed E-state index contributed by atoms with van der Waals surface area (Å²) in [5, 5.41) is 3.48. The molecular formula is C19H19ClF2N2O2S. The molecule has 0 saturated carbocycles. The van der Waals surface area contributed by atoms with Crippen LogP contribution in [0, 0.1) is 11.6 Å². The number of halogens is 3. The Balaban J connectivity index is 1.59. The van der Waals surface area contributed by atoms with E-state index in [2.05, 4.69) is 10.2 Å². The van der Waals surface area contributed by atoms with E-state index in [1.54, 1.807) is 12.1 Å². The highest BCUT2D eigenvalue weighted by atomic mass is 35.5. The summed E-state index contributed by atoms with van der Waals surface area (Å²) in [4.78, 5) is 15.0. The number of carbonyl (C=O) groups is 1. The number of para-hydroxylation sites is 1. The maximum atomic E-state index is 13.2. The van der Waals surface area contributed by atoms with Gasteiger partial charge in [-0.3, -0.25) is 4.79 Å². The monoisotopic (exact) mass is 412 g/mol. The summed E-state index contributed by atoms with van der Waals surface area (Å²) in [6.07, 6.45) is 0.235. The number of anilines is 2. The predicted octanol–water partition coefficient (Wildman–Crippen LogP) is 4.58. The Kier molecular flexibility index (Phi) is 6.93. The summed E-state index contributed by atoms with van der Waals surface area (Å²) in [6.45, 7) is 2.64. The Morgan fingerprint density at radius 1 is 1.19 bits per heavy atom. The van der Waals surface area contributed by atoms with Gasteiger partial charge in [0.05, 0.1) is 29.6 Å². The third kappa shape index (κ3) is 5.34. The molecule has 1 aliphatic rings. The summed E-state index contributed by atoms with van der Waals surface area (Å²) in [7, 11) is 0. The van der Waals surface area contributed by atoms with Crippen LogP contribution in [0.3, 0.4) is 0 Å². The summed E-state index contributed by atoms with van der Waals surface area (Å²) >= 11 is 7.65. The Hall–Kier alpha value is -1.83. The van der Waals surface area contributed by atoms with Crippen molar-refractivity contribution in [2.45, 2.75) is 11.3 Å². The Morgan fingerprint density at radius 2 is 1.96 bits per heavy atom. The topological polar surface area (TPSA) is 41.6 Å². The van der Waals surface area contributed by atoms with Crippen LogP contribution in [0.15, 0.2) is 41.3 Å². The molecule has 0 aliphatic carbocycles. The van der Waals surface area contributed by atoms with E-state index in [0.29, 0.717) is 47.7 Å². The van der Waals surface area contributed by atoms with E-state index in [-0.39, 0.29) is 12.3 Å². The lowest BCUT2D eigenvalue weighted by molar-refractivity contribution is -0.115. The van der Waals surface area contributed by atoms with Crippen molar-refractivity contribution in [1.82, 2.24) is 0 Å². The highest BCUT2D eigenvalue weighted by Crippen LogP contribution is 2.34. The minimum atomic E-state index is -0.890. The Labute approximate surface area is 165 Å². The number of morpholine rings is 1. The normalized spacial score (nSPS) is 14.3. The lowest BCUT2D eigenvalue weighted by atomic mass is 10.2. The summed E-state index contributed by atoms with van der Waals surface area (Å²) in [6, 6.07) is 9.11. The van der Waals surface area contributed by atoms with Crippen molar-refractivity contribution in [3.05, 3.63) is 53.1 Å².